The van der Waals surface area contributed by atoms with Crippen molar-refractivity contribution in [1.29, 1.82) is 0 Å². The van der Waals surface area contributed by atoms with Crippen molar-refractivity contribution in [2.24, 2.45) is 5.73 Å². The molecule has 0 heterocycles. The van der Waals surface area contributed by atoms with Gasteiger partial charge in [-0.1, -0.05) is 29.8 Å². The van der Waals surface area contributed by atoms with Crippen molar-refractivity contribution in [3.05, 3.63) is 35.4 Å². The Kier molecular flexibility index (Phi) is 3.33. The Morgan fingerprint density at radius 2 is 2.00 bits per heavy atom. The second-order valence-electron chi connectivity index (χ2n) is 4.76. The number of hydrogen-bond donors (Lipinski definition) is 2. The summed E-state index contributed by atoms with van der Waals surface area (Å²) in [5.41, 5.74) is 7.57. The third-order valence-corrected chi connectivity index (χ3v) is 3.53. The lowest BCUT2D eigenvalue weighted by molar-refractivity contribution is -0.0730. The van der Waals surface area contributed by atoms with E-state index in [0.29, 0.717) is 11.0 Å². The molecule has 92 valence electrons. The van der Waals surface area contributed by atoms with Crippen LogP contribution in [0.2, 0.25) is 0 Å². The zero-order chi connectivity index (χ0) is 12.4. The SMILES string of the molecule is Cc1ccc([C@@H]2CC[C@@H](N(O)C(N)=O)C2)cc1. The number of hydrogen-bond acceptors (Lipinski definition) is 2. The minimum atomic E-state index is -0.764. The standard InChI is InChI=1S/C13H18N2O2/c1-9-2-4-10(5-3-9)11-6-7-12(8-11)15(17)13(14)16/h2-5,11-12,17H,6-8H2,1H3,(H2,14,16)/t11-,12-/m1/s1. The van der Waals surface area contributed by atoms with E-state index in [1.54, 1.807) is 0 Å². The number of carbonyl (C=O) groups is 1. The fourth-order valence-electron chi connectivity index (χ4n) is 2.50. The monoisotopic (exact) mass is 234 g/mol. The fraction of sp³-hybridized carbons (Fsp3) is 0.462. The molecule has 0 unspecified atom stereocenters. The number of hydroxylamine groups is 2. The van der Waals surface area contributed by atoms with Crippen molar-refractivity contribution in [3.63, 3.8) is 0 Å². The van der Waals surface area contributed by atoms with Crippen LogP contribution in [0.15, 0.2) is 24.3 Å². The molecule has 1 fully saturated rings. The highest BCUT2D eigenvalue weighted by atomic mass is 16.5. The summed E-state index contributed by atoms with van der Waals surface area (Å²) in [6.07, 6.45) is 2.57. The van der Waals surface area contributed by atoms with Gasteiger partial charge in [0.25, 0.3) is 0 Å². The summed E-state index contributed by atoms with van der Waals surface area (Å²) < 4.78 is 0. The van der Waals surface area contributed by atoms with E-state index in [4.69, 9.17) is 5.73 Å². The zero-order valence-electron chi connectivity index (χ0n) is 9.97. The molecule has 1 saturated carbocycles. The molecule has 0 spiro atoms. The number of aryl methyl sites for hydroxylation is 1. The van der Waals surface area contributed by atoms with Crippen LogP contribution in [-0.2, 0) is 0 Å². The summed E-state index contributed by atoms with van der Waals surface area (Å²) in [6.45, 7) is 2.06. The molecule has 0 saturated heterocycles. The molecule has 1 aliphatic carbocycles. The van der Waals surface area contributed by atoms with Crippen molar-refractivity contribution in [1.82, 2.24) is 5.06 Å². The molecule has 1 aliphatic rings. The minimum absolute atomic E-state index is 0.140. The van der Waals surface area contributed by atoms with Crippen LogP contribution in [0.5, 0.6) is 0 Å². The molecule has 2 atom stereocenters. The van der Waals surface area contributed by atoms with Crippen LogP contribution in [0, 0.1) is 6.92 Å². The molecule has 17 heavy (non-hydrogen) atoms. The zero-order valence-corrected chi connectivity index (χ0v) is 9.97. The number of nitrogens with two attached hydrogens (primary N) is 1. The average Bonchev–Trinajstić information content (AvgIpc) is 2.78. The number of carbonyl (C=O) groups excluding carboxylic acids is 1. The van der Waals surface area contributed by atoms with Gasteiger partial charge in [-0.25, -0.2) is 9.86 Å². The maximum absolute atomic E-state index is 10.9. The van der Waals surface area contributed by atoms with Crippen LogP contribution in [0.25, 0.3) is 0 Å². The van der Waals surface area contributed by atoms with E-state index in [1.165, 1.54) is 11.1 Å². The van der Waals surface area contributed by atoms with Crippen LogP contribution >= 0.6 is 0 Å². The van der Waals surface area contributed by atoms with Crippen molar-refractivity contribution >= 4 is 6.03 Å². The Balaban J connectivity index is 2.02. The lowest BCUT2D eigenvalue weighted by Gasteiger charge is -2.19. The fourth-order valence-corrected chi connectivity index (χ4v) is 2.50. The molecule has 1 aromatic rings. The van der Waals surface area contributed by atoms with Crippen LogP contribution < -0.4 is 5.73 Å². The van der Waals surface area contributed by atoms with Gasteiger partial charge in [-0.15, -0.1) is 0 Å². The molecule has 0 aliphatic heterocycles. The van der Waals surface area contributed by atoms with Crippen molar-refractivity contribution in [3.8, 4) is 0 Å². The summed E-state index contributed by atoms with van der Waals surface area (Å²) >= 11 is 0. The predicted molar refractivity (Wildman–Crippen MR) is 64.8 cm³/mol. The van der Waals surface area contributed by atoms with E-state index in [1.807, 2.05) is 0 Å². The number of benzene rings is 1. The van der Waals surface area contributed by atoms with E-state index >= 15 is 0 Å². The van der Waals surface area contributed by atoms with E-state index in [2.05, 4.69) is 31.2 Å². The lowest BCUT2D eigenvalue weighted by atomic mass is 9.96. The van der Waals surface area contributed by atoms with Gasteiger partial charge >= 0.3 is 6.03 Å². The van der Waals surface area contributed by atoms with Crippen molar-refractivity contribution < 1.29 is 10.0 Å². The van der Waals surface area contributed by atoms with E-state index in [-0.39, 0.29) is 6.04 Å². The van der Waals surface area contributed by atoms with Gasteiger partial charge in [0.05, 0.1) is 6.04 Å². The first-order chi connectivity index (χ1) is 8.08. The first-order valence-corrected chi connectivity index (χ1v) is 5.92. The second kappa shape index (κ2) is 4.75. The summed E-state index contributed by atoms with van der Waals surface area (Å²) in [5, 5.41) is 10.2. The Hall–Kier alpha value is -1.55. The van der Waals surface area contributed by atoms with Gasteiger partial charge < -0.3 is 5.73 Å². The first-order valence-electron chi connectivity index (χ1n) is 5.92. The molecule has 0 aromatic heterocycles. The molecule has 1 aromatic carbocycles. The van der Waals surface area contributed by atoms with Gasteiger partial charge in [0, 0.05) is 0 Å². The van der Waals surface area contributed by atoms with Gasteiger partial charge in [-0.3, -0.25) is 5.21 Å². The van der Waals surface area contributed by atoms with Gasteiger partial charge in [0.15, 0.2) is 0 Å². The third-order valence-electron chi connectivity index (χ3n) is 3.53. The Morgan fingerprint density at radius 1 is 1.35 bits per heavy atom. The highest BCUT2D eigenvalue weighted by molar-refractivity contribution is 5.70. The number of primary amides is 1. The summed E-state index contributed by atoms with van der Waals surface area (Å²) in [6, 6.07) is 7.52. The maximum Gasteiger partial charge on any atom is 0.338 e. The summed E-state index contributed by atoms with van der Waals surface area (Å²) in [5.74, 6) is 0.412. The average molecular weight is 234 g/mol. The van der Waals surface area contributed by atoms with Gasteiger partial charge in [-0.05, 0) is 37.7 Å². The number of urea groups is 1. The Morgan fingerprint density at radius 3 is 2.59 bits per heavy atom. The van der Waals surface area contributed by atoms with Crippen LogP contribution in [-0.4, -0.2) is 22.3 Å². The van der Waals surface area contributed by atoms with Crippen LogP contribution in [0.1, 0.15) is 36.3 Å². The Labute approximate surface area is 101 Å². The predicted octanol–water partition coefficient (Wildman–Crippen LogP) is 2.40. The summed E-state index contributed by atoms with van der Waals surface area (Å²) in [4.78, 5) is 10.9. The van der Waals surface area contributed by atoms with Gasteiger partial charge in [0.1, 0.15) is 0 Å². The normalized spacial score (nSPS) is 23.6. The third kappa shape index (κ3) is 2.58. The molecule has 4 heteroatoms. The molecule has 4 nitrogen and oxygen atoms in total. The number of amides is 2. The Bertz CT molecular complexity index is 402. The maximum atomic E-state index is 10.9. The van der Waals surface area contributed by atoms with Crippen molar-refractivity contribution in [2.75, 3.05) is 0 Å². The first kappa shape index (κ1) is 11.9. The highest BCUT2D eigenvalue weighted by Crippen LogP contribution is 2.36. The summed E-state index contributed by atoms with van der Waals surface area (Å²) in [7, 11) is 0. The highest BCUT2D eigenvalue weighted by Gasteiger charge is 2.31. The quantitative estimate of drug-likeness (QED) is 0.609. The minimum Gasteiger partial charge on any atom is -0.350 e. The van der Waals surface area contributed by atoms with Crippen LogP contribution in [0.3, 0.4) is 0 Å². The second-order valence-corrected chi connectivity index (χ2v) is 4.76. The smallest absolute Gasteiger partial charge is 0.338 e. The largest absolute Gasteiger partial charge is 0.350 e. The van der Waals surface area contributed by atoms with Gasteiger partial charge in [0.2, 0.25) is 0 Å². The number of nitrogens with zero attached hydrogens (tertiary/aromatic N) is 1. The molecule has 3 N–H and O–H groups in total. The van der Waals surface area contributed by atoms with E-state index in [9.17, 15) is 10.0 Å². The van der Waals surface area contributed by atoms with Gasteiger partial charge in [-0.2, -0.15) is 0 Å². The molecule has 0 bridgehead atoms. The van der Waals surface area contributed by atoms with Crippen LogP contribution in [0.4, 0.5) is 4.79 Å². The molecule has 0 radical (unpaired) electrons. The van der Waals surface area contributed by atoms with E-state index < -0.39 is 6.03 Å². The van der Waals surface area contributed by atoms with Crippen molar-refractivity contribution in [2.45, 2.75) is 38.1 Å². The number of rotatable bonds is 2. The lowest BCUT2D eigenvalue weighted by Crippen LogP contribution is -2.39. The molecule has 2 amide bonds. The molecule has 2 rings (SSSR count). The molecular formula is C13H18N2O2. The topological polar surface area (TPSA) is 66.6 Å². The van der Waals surface area contributed by atoms with E-state index in [0.717, 1.165) is 19.3 Å². The molecular weight excluding hydrogens is 216 g/mol.